The van der Waals surface area contributed by atoms with E-state index in [1.54, 1.807) is 6.92 Å². The Hall–Kier alpha value is 0.110. The minimum Gasteiger partial charge on any atom is -0.377 e. The highest BCUT2D eigenvalue weighted by atomic mass is 31.2. The van der Waals surface area contributed by atoms with Crippen LogP contribution in [0.3, 0.4) is 0 Å². The molecule has 0 aromatic rings. The van der Waals surface area contributed by atoms with Crippen LogP contribution in [-0.2, 0) is 4.57 Å². The summed E-state index contributed by atoms with van der Waals surface area (Å²) >= 11 is 0. The van der Waals surface area contributed by atoms with Crippen LogP contribution in [0.25, 0.3) is 0 Å². The Balaban J connectivity index is 4.35. The van der Waals surface area contributed by atoms with E-state index in [1.165, 1.54) is 0 Å². The van der Waals surface area contributed by atoms with E-state index in [0.717, 1.165) is 6.42 Å². The van der Waals surface area contributed by atoms with Crippen molar-refractivity contribution in [2.75, 3.05) is 0 Å². The van der Waals surface area contributed by atoms with Crippen molar-refractivity contribution in [3.8, 4) is 0 Å². The molecule has 0 aliphatic rings. The highest BCUT2D eigenvalue weighted by molar-refractivity contribution is 7.53. The van der Waals surface area contributed by atoms with Crippen LogP contribution in [0.5, 0.6) is 0 Å². The van der Waals surface area contributed by atoms with Gasteiger partial charge in [-0.2, -0.15) is 0 Å². The molecule has 0 aromatic carbocycles. The van der Waals surface area contributed by atoms with Crippen LogP contribution in [0, 0.1) is 0 Å². The number of aliphatic hydroxyl groups is 1. The first-order valence-electron chi connectivity index (χ1n) is 4.15. The fourth-order valence-electron chi connectivity index (χ4n) is 0.988. The van der Waals surface area contributed by atoms with Gasteiger partial charge in [-0.25, -0.2) is 0 Å². The molecule has 1 unspecified atom stereocenters. The summed E-state index contributed by atoms with van der Waals surface area (Å²) in [6.45, 7) is 3.49. The molecule has 0 spiro atoms. The van der Waals surface area contributed by atoms with Crippen LogP contribution in [0.15, 0.2) is 0 Å². The standard InChI is InChI=1S/C7H17O4P/c1-3-5-6-7(8,4-2)12(9,10)11/h8H,3-6H2,1-2H3,(H2,9,10,11). The maximum atomic E-state index is 10.8. The summed E-state index contributed by atoms with van der Waals surface area (Å²) in [7, 11) is -4.36. The molecule has 1 atom stereocenters. The van der Waals surface area contributed by atoms with Gasteiger partial charge in [0.2, 0.25) is 0 Å². The molecule has 0 saturated heterocycles. The van der Waals surface area contributed by atoms with Gasteiger partial charge in [0.15, 0.2) is 5.34 Å². The molecule has 5 heteroatoms. The van der Waals surface area contributed by atoms with Crippen molar-refractivity contribution in [3.05, 3.63) is 0 Å². The lowest BCUT2D eigenvalue weighted by molar-refractivity contribution is 0.0764. The third-order valence-electron chi connectivity index (χ3n) is 2.04. The molecule has 0 radical (unpaired) electrons. The molecule has 0 amide bonds. The van der Waals surface area contributed by atoms with Crippen molar-refractivity contribution in [2.24, 2.45) is 0 Å². The van der Waals surface area contributed by atoms with E-state index >= 15 is 0 Å². The molecule has 0 fully saturated rings. The molecule has 0 rings (SSSR count). The van der Waals surface area contributed by atoms with E-state index in [-0.39, 0.29) is 12.8 Å². The van der Waals surface area contributed by atoms with E-state index in [1.807, 2.05) is 6.92 Å². The van der Waals surface area contributed by atoms with E-state index in [9.17, 15) is 9.67 Å². The second kappa shape index (κ2) is 4.38. The van der Waals surface area contributed by atoms with E-state index in [4.69, 9.17) is 9.79 Å². The summed E-state index contributed by atoms with van der Waals surface area (Å²) < 4.78 is 10.8. The number of hydrogen-bond donors (Lipinski definition) is 3. The van der Waals surface area contributed by atoms with Gasteiger partial charge in [0.05, 0.1) is 0 Å². The highest BCUT2D eigenvalue weighted by Gasteiger charge is 2.42. The summed E-state index contributed by atoms with van der Waals surface area (Å²) in [6.07, 6.45) is 1.72. The third-order valence-corrected chi connectivity index (χ3v) is 3.66. The molecule has 0 heterocycles. The monoisotopic (exact) mass is 196 g/mol. The Bertz CT molecular complexity index is 176. The lowest BCUT2D eigenvalue weighted by Gasteiger charge is -2.27. The van der Waals surface area contributed by atoms with Gasteiger partial charge in [-0.15, -0.1) is 0 Å². The Morgan fingerprint density at radius 3 is 2.08 bits per heavy atom. The van der Waals surface area contributed by atoms with E-state index in [2.05, 4.69) is 0 Å². The number of rotatable bonds is 5. The normalized spacial score (nSPS) is 17.4. The summed E-state index contributed by atoms with van der Waals surface area (Å²) in [5.74, 6) is 0. The molecule has 4 nitrogen and oxygen atoms in total. The van der Waals surface area contributed by atoms with Gasteiger partial charge >= 0.3 is 7.60 Å². The Morgan fingerprint density at radius 2 is 1.83 bits per heavy atom. The van der Waals surface area contributed by atoms with Crippen molar-refractivity contribution >= 4 is 7.60 Å². The molecule has 0 aliphatic carbocycles. The van der Waals surface area contributed by atoms with Crippen LogP contribution in [-0.4, -0.2) is 20.2 Å². The second-order valence-electron chi connectivity index (χ2n) is 2.98. The third kappa shape index (κ3) is 2.87. The van der Waals surface area contributed by atoms with Gasteiger partial charge < -0.3 is 14.9 Å². The van der Waals surface area contributed by atoms with Gasteiger partial charge in [0, 0.05) is 0 Å². The molecular formula is C7H17O4P. The van der Waals surface area contributed by atoms with Crippen LogP contribution in [0.1, 0.15) is 39.5 Å². The minimum absolute atomic E-state index is 0.0945. The largest absolute Gasteiger partial charge is 0.377 e. The van der Waals surface area contributed by atoms with Crippen molar-refractivity contribution in [1.29, 1.82) is 0 Å². The van der Waals surface area contributed by atoms with Crippen molar-refractivity contribution < 1.29 is 19.5 Å². The molecule has 0 aliphatic heterocycles. The van der Waals surface area contributed by atoms with E-state index in [0.29, 0.717) is 6.42 Å². The number of hydrogen-bond acceptors (Lipinski definition) is 2. The molecular weight excluding hydrogens is 179 g/mol. The van der Waals surface area contributed by atoms with Gasteiger partial charge in [-0.1, -0.05) is 26.7 Å². The first-order valence-corrected chi connectivity index (χ1v) is 5.76. The minimum atomic E-state index is -4.36. The summed E-state index contributed by atoms with van der Waals surface area (Å²) in [6, 6.07) is 0. The lowest BCUT2D eigenvalue weighted by atomic mass is 10.1. The molecule has 0 bridgehead atoms. The topological polar surface area (TPSA) is 77.8 Å². The predicted octanol–water partition coefficient (Wildman–Crippen LogP) is 1.45. The van der Waals surface area contributed by atoms with Crippen LogP contribution < -0.4 is 0 Å². The van der Waals surface area contributed by atoms with Gasteiger partial charge in [0.1, 0.15) is 0 Å². The highest BCUT2D eigenvalue weighted by Crippen LogP contribution is 2.53. The summed E-state index contributed by atoms with van der Waals surface area (Å²) in [4.78, 5) is 17.6. The van der Waals surface area contributed by atoms with Crippen LogP contribution in [0.4, 0.5) is 0 Å². The fraction of sp³-hybridized carbons (Fsp3) is 1.00. The first-order chi connectivity index (χ1) is 5.37. The van der Waals surface area contributed by atoms with Gasteiger partial charge in [-0.05, 0) is 12.8 Å². The second-order valence-corrected chi connectivity index (χ2v) is 4.90. The fourth-order valence-corrected chi connectivity index (χ4v) is 1.85. The predicted molar refractivity (Wildman–Crippen MR) is 46.8 cm³/mol. The molecule has 3 N–H and O–H groups in total. The van der Waals surface area contributed by atoms with E-state index < -0.39 is 12.9 Å². The Morgan fingerprint density at radius 1 is 1.33 bits per heavy atom. The molecule has 12 heavy (non-hydrogen) atoms. The maximum Gasteiger partial charge on any atom is 0.356 e. The summed E-state index contributed by atoms with van der Waals surface area (Å²) in [5, 5.41) is 7.72. The zero-order chi connectivity index (χ0) is 9.83. The Kier molecular flexibility index (Phi) is 4.42. The smallest absolute Gasteiger partial charge is 0.356 e. The average molecular weight is 196 g/mol. The summed E-state index contributed by atoms with van der Waals surface area (Å²) in [5.41, 5.74) is 0. The van der Waals surface area contributed by atoms with Crippen LogP contribution in [0.2, 0.25) is 0 Å². The lowest BCUT2D eigenvalue weighted by Crippen LogP contribution is -2.27. The first kappa shape index (κ1) is 12.1. The zero-order valence-electron chi connectivity index (χ0n) is 7.53. The number of unbranched alkanes of at least 4 members (excludes halogenated alkanes) is 1. The van der Waals surface area contributed by atoms with Gasteiger partial charge in [0.25, 0.3) is 0 Å². The van der Waals surface area contributed by atoms with Crippen molar-refractivity contribution in [2.45, 2.75) is 44.9 Å². The quantitative estimate of drug-likeness (QED) is 0.581. The van der Waals surface area contributed by atoms with Crippen LogP contribution >= 0.6 is 7.60 Å². The average Bonchev–Trinajstić information content (AvgIpc) is 1.98. The van der Waals surface area contributed by atoms with Gasteiger partial charge in [-0.3, -0.25) is 4.57 Å². The SMILES string of the molecule is CCCCC(O)(CC)P(=O)(O)O. The Labute approximate surface area is 72.8 Å². The maximum absolute atomic E-state index is 10.8. The van der Waals surface area contributed by atoms with Crippen molar-refractivity contribution in [3.63, 3.8) is 0 Å². The van der Waals surface area contributed by atoms with Crippen molar-refractivity contribution in [1.82, 2.24) is 0 Å². The molecule has 0 aromatic heterocycles. The molecule has 74 valence electrons. The molecule has 0 saturated carbocycles. The zero-order valence-corrected chi connectivity index (χ0v) is 8.42.